The maximum atomic E-state index is 13.3. The molecule has 0 fully saturated rings. The van der Waals surface area contributed by atoms with E-state index < -0.39 is 22.0 Å². The molecule has 3 aromatic carbocycles. The van der Waals surface area contributed by atoms with Crippen LogP contribution in [0.5, 0.6) is 0 Å². The van der Waals surface area contributed by atoms with Gasteiger partial charge in [-0.2, -0.15) is 4.72 Å². The van der Waals surface area contributed by atoms with E-state index in [-0.39, 0.29) is 11.3 Å². The molecule has 0 radical (unpaired) electrons. The number of sulfonamides is 1. The summed E-state index contributed by atoms with van der Waals surface area (Å²) >= 11 is 0. The number of carbonyl (C=O) groups is 1. The summed E-state index contributed by atoms with van der Waals surface area (Å²) in [5, 5.41) is 3.85. The quantitative estimate of drug-likeness (QED) is 0.281. The molecule has 6 nitrogen and oxygen atoms in total. The van der Waals surface area contributed by atoms with Gasteiger partial charge < -0.3 is 10.3 Å². The molecule has 0 saturated heterocycles. The Bertz CT molecular complexity index is 1390. The fourth-order valence-electron chi connectivity index (χ4n) is 4.05. The molecule has 1 atom stereocenters. The monoisotopic (exact) mass is 489 g/mol. The van der Waals surface area contributed by atoms with Crippen LogP contribution >= 0.6 is 0 Å². The third kappa shape index (κ3) is 6.18. The van der Waals surface area contributed by atoms with Crippen LogP contribution in [-0.2, 0) is 27.7 Å². The molecule has 0 aliphatic carbocycles. The van der Waals surface area contributed by atoms with Crippen LogP contribution in [0.25, 0.3) is 10.9 Å². The summed E-state index contributed by atoms with van der Waals surface area (Å²) in [7, 11) is -3.91. The van der Waals surface area contributed by atoms with Crippen LogP contribution in [0.4, 0.5) is 5.69 Å². The van der Waals surface area contributed by atoms with Crippen molar-refractivity contribution in [3.05, 3.63) is 95.7 Å². The van der Waals surface area contributed by atoms with Gasteiger partial charge in [-0.1, -0.05) is 61.4 Å². The highest BCUT2D eigenvalue weighted by molar-refractivity contribution is 7.89. The Kier molecular flexibility index (Phi) is 7.68. The van der Waals surface area contributed by atoms with Gasteiger partial charge in [-0.05, 0) is 67.6 Å². The lowest BCUT2D eigenvalue weighted by molar-refractivity contribution is -0.117. The molecule has 0 unspecified atom stereocenters. The summed E-state index contributed by atoms with van der Waals surface area (Å²) in [5.41, 5.74) is 4.60. The van der Waals surface area contributed by atoms with Crippen molar-refractivity contribution in [1.82, 2.24) is 9.71 Å². The van der Waals surface area contributed by atoms with E-state index in [9.17, 15) is 13.2 Å². The minimum absolute atomic E-state index is 0.125. The molecule has 4 aromatic rings. The molecule has 0 aliphatic heterocycles. The Morgan fingerprint density at radius 2 is 1.69 bits per heavy atom. The number of benzene rings is 3. The number of H-pyrrole nitrogens is 1. The van der Waals surface area contributed by atoms with Gasteiger partial charge in [0, 0.05) is 22.8 Å². The second kappa shape index (κ2) is 10.9. The number of fused-ring (bicyclic) bond motifs is 1. The van der Waals surface area contributed by atoms with Crippen molar-refractivity contribution in [1.29, 1.82) is 0 Å². The van der Waals surface area contributed by atoms with E-state index in [1.54, 1.807) is 24.3 Å². The fraction of sp³-hybridized carbons (Fsp3) is 0.250. The zero-order valence-corrected chi connectivity index (χ0v) is 20.9. The SMILES string of the molecule is CCCCc1ccc(NC(=O)[C@H](Cc2c[nH]c3ccccc23)NS(=O)(=O)c2ccc(C)cc2)cc1. The molecule has 3 N–H and O–H groups in total. The number of aromatic amines is 1. The molecule has 7 heteroatoms. The van der Waals surface area contributed by atoms with Crippen molar-refractivity contribution in [3.8, 4) is 0 Å². The number of carbonyl (C=O) groups excluding carboxylic acids is 1. The lowest BCUT2D eigenvalue weighted by Crippen LogP contribution is -2.45. The topological polar surface area (TPSA) is 91.1 Å². The molecule has 4 rings (SSSR count). The zero-order chi connectivity index (χ0) is 24.8. The number of hydrogen-bond donors (Lipinski definition) is 3. The van der Waals surface area contributed by atoms with Crippen LogP contribution in [0.15, 0.2) is 83.9 Å². The summed E-state index contributed by atoms with van der Waals surface area (Å²) in [6.45, 7) is 4.05. The van der Waals surface area contributed by atoms with Gasteiger partial charge in [0.15, 0.2) is 0 Å². The van der Waals surface area contributed by atoms with Gasteiger partial charge >= 0.3 is 0 Å². The highest BCUT2D eigenvalue weighted by Gasteiger charge is 2.27. The molecule has 1 aromatic heterocycles. The molecule has 0 bridgehead atoms. The van der Waals surface area contributed by atoms with Crippen molar-refractivity contribution in [2.24, 2.45) is 0 Å². The number of unbranched alkanes of at least 4 members (excludes halogenated alkanes) is 1. The van der Waals surface area contributed by atoms with Crippen LogP contribution in [-0.4, -0.2) is 25.4 Å². The summed E-state index contributed by atoms with van der Waals surface area (Å²) in [6, 6.07) is 21.0. The van der Waals surface area contributed by atoms with E-state index in [1.807, 2.05) is 61.7 Å². The van der Waals surface area contributed by atoms with E-state index in [1.165, 1.54) is 5.56 Å². The van der Waals surface area contributed by atoms with Crippen LogP contribution in [0.1, 0.15) is 36.5 Å². The minimum atomic E-state index is -3.91. The Balaban J connectivity index is 1.58. The van der Waals surface area contributed by atoms with Crippen molar-refractivity contribution < 1.29 is 13.2 Å². The van der Waals surface area contributed by atoms with Crippen LogP contribution in [0.2, 0.25) is 0 Å². The first-order valence-electron chi connectivity index (χ1n) is 11.9. The van der Waals surface area contributed by atoms with E-state index in [0.717, 1.165) is 41.3 Å². The Hall–Kier alpha value is -3.42. The van der Waals surface area contributed by atoms with E-state index in [4.69, 9.17) is 0 Å². The fourth-order valence-corrected chi connectivity index (χ4v) is 5.24. The Labute approximate surface area is 206 Å². The van der Waals surface area contributed by atoms with Gasteiger partial charge in [-0.25, -0.2) is 8.42 Å². The summed E-state index contributed by atoms with van der Waals surface area (Å²) in [6.07, 6.45) is 5.25. The van der Waals surface area contributed by atoms with Gasteiger partial charge in [0.1, 0.15) is 6.04 Å². The van der Waals surface area contributed by atoms with Crippen molar-refractivity contribution in [2.45, 2.75) is 50.5 Å². The Morgan fingerprint density at radius 1 is 0.971 bits per heavy atom. The molecule has 1 amide bonds. The van der Waals surface area contributed by atoms with Gasteiger partial charge in [-0.15, -0.1) is 0 Å². The number of amides is 1. The van der Waals surface area contributed by atoms with Crippen LogP contribution in [0, 0.1) is 6.92 Å². The number of para-hydroxylation sites is 1. The summed E-state index contributed by atoms with van der Waals surface area (Å²) in [5.74, 6) is -0.410. The predicted octanol–water partition coefficient (Wildman–Crippen LogP) is 5.35. The first kappa shape index (κ1) is 24.7. The second-order valence-electron chi connectivity index (χ2n) is 8.84. The third-order valence-corrected chi connectivity index (χ3v) is 7.57. The maximum absolute atomic E-state index is 13.3. The zero-order valence-electron chi connectivity index (χ0n) is 20.0. The van der Waals surface area contributed by atoms with Gasteiger partial charge in [0.05, 0.1) is 4.90 Å². The predicted molar refractivity (Wildman–Crippen MR) is 141 cm³/mol. The average Bonchev–Trinajstić information content (AvgIpc) is 3.26. The molecular weight excluding hydrogens is 458 g/mol. The summed E-state index contributed by atoms with van der Waals surface area (Å²) < 4.78 is 28.9. The van der Waals surface area contributed by atoms with Gasteiger partial charge in [0.25, 0.3) is 0 Å². The average molecular weight is 490 g/mol. The van der Waals surface area contributed by atoms with Gasteiger partial charge in [-0.3, -0.25) is 4.79 Å². The highest BCUT2D eigenvalue weighted by Crippen LogP contribution is 2.21. The number of rotatable bonds is 10. The number of hydrogen-bond acceptors (Lipinski definition) is 3. The summed E-state index contributed by atoms with van der Waals surface area (Å²) in [4.78, 5) is 16.7. The smallest absolute Gasteiger partial charge is 0.242 e. The number of anilines is 1. The molecule has 35 heavy (non-hydrogen) atoms. The van der Waals surface area contributed by atoms with Crippen molar-refractivity contribution in [2.75, 3.05) is 5.32 Å². The lowest BCUT2D eigenvalue weighted by atomic mass is 10.0. The largest absolute Gasteiger partial charge is 0.361 e. The molecule has 1 heterocycles. The number of nitrogens with one attached hydrogen (secondary N) is 3. The van der Waals surface area contributed by atoms with E-state index in [0.29, 0.717) is 5.69 Å². The molecule has 0 aliphatic rings. The highest BCUT2D eigenvalue weighted by atomic mass is 32.2. The van der Waals surface area contributed by atoms with Crippen molar-refractivity contribution >= 4 is 32.5 Å². The van der Waals surface area contributed by atoms with Crippen LogP contribution < -0.4 is 10.0 Å². The van der Waals surface area contributed by atoms with Crippen LogP contribution in [0.3, 0.4) is 0 Å². The first-order valence-corrected chi connectivity index (χ1v) is 13.4. The number of aromatic nitrogens is 1. The molecule has 0 spiro atoms. The van der Waals surface area contributed by atoms with E-state index >= 15 is 0 Å². The molecular formula is C28H31N3O3S. The third-order valence-electron chi connectivity index (χ3n) is 6.08. The normalized spacial score (nSPS) is 12.5. The molecule has 0 saturated carbocycles. The Morgan fingerprint density at radius 3 is 2.40 bits per heavy atom. The maximum Gasteiger partial charge on any atom is 0.242 e. The number of aryl methyl sites for hydroxylation is 2. The molecule has 182 valence electrons. The first-order chi connectivity index (χ1) is 16.9. The minimum Gasteiger partial charge on any atom is -0.361 e. The van der Waals surface area contributed by atoms with Gasteiger partial charge in [0.2, 0.25) is 15.9 Å². The van der Waals surface area contributed by atoms with E-state index in [2.05, 4.69) is 21.9 Å². The second-order valence-corrected chi connectivity index (χ2v) is 10.6. The lowest BCUT2D eigenvalue weighted by Gasteiger charge is -2.19. The standard InChI is InChI=1S/C28H31N3O3S/c1-3-4-7-21-12-14-23(15-13-21)30-28(32)27(18-22-19-29-26-9-6-5-8-25(22)26)31-35(33,34)24-16-10-20(2)11-17-24/h5-6,8-17,19,27,29,31H,3-4,7,18H2,1-2H3,(H,30,32)/t27-/m0/s1. The van der Waals surface area contributed by atoms with Crippen molar-refractivity contribution in [3.63, 3.8) is 0 Å².